The van der Waals surface area contributed by atoms with E-state index < -0.39 is 29.9 Å². The first-order valence-electron chi connectivity index (χ1n) is 6.49. The first-order chi connectivity index (χ1) is 9.73. The van der Waals surface area contributed by atoms with Crippen LogP contribution in [0.3, 0.4) is 0 Å². The summed E-state index contributed by atoms with van der Waals surface area (Å²) in [6.07, 6.45) is 0.169. The van der Waals surface area contributed by atoms with Crippen LogP contribution >= 0.6 is 0 Å². The molecule has 0 bridgehead atoms. The Balaban J connectivity index is 4.23. The van der Waals surface area contributed by atoms with Crippen LogP contribution in [0.25, 0.3) is 0 Å². The van der Waals surface area contributed by atoms with Crippen molar-refractivity contribution in [3.63, 3.8) is 0 Å². The Morgan fingerprint density at radius 3 is 2.24 bits per heavy atom. The highest BCUT2D eigenvalue weighted by Crippen LogP contribution is 2.00. The highest BCUT2D eigenvalue weighted by molar-refractivity contribution is 5.87. The summed E-state index contributed by atoms with van der Waals surface area (Å²) in [5.74, 6) is -3.22. The number of carboxylic acid groups (broad SMARTS) is 2. The monoisotopic (exact) mass is 303 g/mol. The lowest BCUT2D eigenvalue weighted by molar-refractivity contribution is -0.142. The SMILES string of the molecule is CC(=O)NCCC[C@H](NC(=O)[C@@H](N)CCC(=O)O)C(=O)O. The molecule has 9 nitrogen and oxygen atoms in total. The zero-order chi connectivity index (χ0) is 16.4. The van der Waals surface area contributed by atoms with E-state index in [-0.39, 0.29) is 25.2 Å². The van der Waals surface area contributed by atoms with Crippen LogP contribution in [-0.4, -0.2) is 52.6 Å². The van der Waals surface area contributed by atoms with Crippen molar-refractivity contribution in [3.05, 3.63) is 0 Å². The number of carbonyl (C=O) groups is 4. The summed E-state index contributed by atoms with van der Waals surface area (Å²) in [7, 11) is 0. The van der Waals surface area contributed by atoms with Crippen molar-refractivity contribution >= 4 is 23.8 Å². The van der Waals surface area contributed by atoms with Crippen molar-refractivity contribution in [1.29, 1.82) is 0 Å². The molecule has 0 saturated carbocycles. The lowest BCUT2D eigenvalue weighted by Crippen LogP contribution is -2.48. The number of carboxylic acids is 2. The Hall–Kier alpha value is -2.16. The quantitative estimate of drug-likeness (QED) is 0.312. The van der Waals surface area contributed by atoms with E-state index in [2.05, 4.69) is 10.6 Å². The Labute approximate surface area is 121 Å². The molecular weight excluding hydrogens is 282 g/mol. The van der Waals surface area contributed by atoms with Crippen molar-refractivity contribution in [2.45, 2.75) is 44.7 Å². The molecule has 2 atom stereocenters. The number of nitrogens with two attached hydrogens (primary N) is 1. The van der Waals surface area contributed by atoms with E-state index in [1.807, 2.05) is 0 Å². The molecule has 0 saturated heterocycles. The minimum atomic E-state index is -1.21. The van der Waals surface area contributed by atoms with Gasteiger partial charge in [-0.15, -0.1) is 0 Å². The number of aliphatic carboxylic acids is 2. The van der Waals surface area contributed by atoms with Gasteiger partial charge in [-0.1, -0.05) is 0 Å². The second-order valence-corrected chi connectivity index (χ2v) is 4.56. The van der Waals surface area contributed by atoms with Gasteiger partial charge in [0.15, 0.2) is 0 Å². The molecule has 0 spiro atoms. The fraction of sp³-hybridized carbons (Fsp3) is 0.667. The van der Waals surface area contributed by atoms with Crippen LogP contribution in [0.1, 0.15) is 32.6 Å². The van der Waals surface area contributed by atoms with Gasteiger partial charge in [-0.05, 0) is 19.3 Å². The summed E-state index contributed by atoms with van der Waals surface area (Å²) in [6, 6.07) is -2.19. The Morgan fingerprint density at radius 1 is 1.14 bits per heavy atom. The lowest BCUT2D eigenvalue weighted by Gasteiger charge is -2.17. The van der Waals surface area contributed by atoms with Crippen LogP contribution in [0.15, 0.2) is 0 Å². The topological polar surface area (TPSA) is 159 Å². The van der Waals surface area contributed by atoms with E-state index in [4.69, 9.17) is 15.9 Å². The lowest BCUT2D eigenvalue weighted by atomic mass is 10.1. The van der Waals surface area contributed by atoms with Gasteiger partial charge in [0.05, 0.1) is 6.04 Å². The van der Waals surface area contributed by atoms with Crippen molar-refractivity contribution in [2.75, 3.05) is 6.54 Å². The van der Waals surface area contributed by atoms with Gasteiger partial charge in [-0.25, -0.2) is 4.79 Å². The molecule has 0 unspecified atom stereocenters. The van der Waals surface area contributed by atoms with E-state index in [0.717, 1.165) is 0 Å². The van der Waals surface area contributed by atoms with E-state index >= 15 is 0 Å². The molecule has 0 aromatic heterocycles. The number of hydrogen-bond donors (Lipinski definition) is 5. The number of rotatable bonds is 10. The molecule has 0 rings (SSSR count). The average Bonchev–Trinajstić information content (AvgIpc) is 2.38. The predicted octanol–water partition coefficient (Wildman–Crippen LogP) is -1.34. The third-order valence-corrected chi connectivity index (χ3v) is 2.66. The van der Waals surface area contributed by atoms with Crippen molar-refractivity contribution < 1.29 is 29.4 Å². The number of amides is 2. The second kappa shape index (κ2) is 9.70. The number of hydrogen-bond acceptors (Lipinski definition) is 5. The van der Waals surface area contributed by atoms with E-state index in [1.165, 1.54) is 6.92 Å². The second-order valence-electron chi connectivity index (χ2n) is 4.56. The van der Waals surface area contributed by atoms with E-state index in [0.29, 0.717) is 13.0 Å². The molecule has 0 fully saturated rings. The van der Waals surface area contributed by atoms with Crippen LogP contribution in [-0.2, 0) is 19.2 Å². The van der Waals surface area contributed by atoms with Crippen molar-refractivity contribution in [1.82, 2.24) is 10.6 Å². The fourth-order valence-electron chi connectivity index (χ4n) is 1.52. The highest BCUT2D eigenvalue weighted by Gasteiger charge is 2.23. The van der Waals surface area contributed by atoms with Gasteiger partial charge in [-0.3, -0.25) is 14.4 Å². The summed E-state index contributed by atoms with van der Waals surface area (Å²) >= 11 is 0. The molecule has 0 aromatic rings. The van der Waals surface area contributed by atoms with Crippen LogP contribution < -0.4 is 16.4 Å². The summed E-state index contributed by atoms with van der Waals surface area (Å²) in [5.41, 5.74) is 5.48. The zero-order valence-electron chi connectivity index (χ0n) is 11.8. The molecule has 120 valence electrons. The molecule has 2 amide bonds. The minimum absolute atomic E-state index is 0.0700. The van der Waals surface area contributed by atoms with Crippen molar-refractivity contribution in [3.8, 4) is 0 Å². The number of nitrogens with one attached hydrogen (secondary N) is 2. The van der Waals surface area contributed by atoms with Gasteiger partial charge in [0, 0.05) is 19.9 Å². The summed E-state index contributed by atoms with van der Waals surface area (Å²) in [6.45, 7) is 1.65. The van der Waals surface area contributed by atoms with Crippen LogP contribution in [0, 0.1) is 0 Å². The van der Waals surface area contributed by atoms with Gasteiger partial charge in [0.25, 0.3) is 0 Å². The molecule has 0 aliphatic carbocycles. The van der Waals surface area contributed by atoms with Gasteiger partial charge >= 0.3 is 11.9 Å². The predicted molar refractivity (Wildman–Crippen MR) is 72.3 cm³/mol. The average molecular weight is 303 g/mol. The maximum absolute atomic E-state index is 11.6. The van der Waals surface area contributed by atoms with Crippen LogP contribution in [0.4, 0.5) is 0 Å². The smallest absolute Gasteiger partial charge is 0.326 e. The number of carbonyl (C=O) groups excluding carboxylic acids is 2. The fourth-order valence-corrected chi connectivity index (χ4v) is 1.52. The van der Waals surface area contributed by atoms with E-state index in [1.54, 1.807) is 0 Å². The normalized spacial score (nSPS) is 13.0. The molecule has 6 N–H and O–H groups in total. The largest absolute Gasteiger partial charge is 0.481 e. The summed E-state index contributed by atoms with van der Waals surface area (Å²) in [5, 5.41) is 22.3. The zero-order valence-corrected chi connectivity index (χ0v) is 11.8. The Kier molecular flexibility index (Phi) is 8.70. The van der Waals surface area contributed by atoms with Crippen LogP contribution in [0.5, 0.6) is 0 Å². The van der Waals surface area contributed by atoms with Crippen LogP contribution in [0.2, 0.25) is 0 Å². The standard InChI is InChI=1S/C12H21N3O6/c1-7(16)14-6-2-3-9(12(20)21)15-11(19)8(13)4-5-10(17)18/h8-9H,2-6,13H2,1H3,(H,14,16)(H,15,19)(H,17,18)(H,20,21)/t8-,9-/m0/s1. The summed E-state index contributed by atoms with van der Waals surface area (Å²) in [4.78, 5) is 43.7. The maximum atomic E-state index is 11.6. The Morgan fingerprint density at radius 2 is 1.76 bits per heavy atom. The minimum Gasteiger partial charge on any atom is -0.481 e. The first kappa shape index (κ1) is 18.8. The highest BCUT2D eigenvalue weighted by atomic mass is 16.4. The molecular formula is C12H21N3O6. The molecule has 0 radical (unpaired) electrons. The molecule has 0 aliphatic rings. The first-order valence-corrected chi connectivity index (χ1v) is 6.49. The molecule has 21 heavy (non-hydrogen) atoms. The van der Waals surface area contributed by atoms with Gasteiger partial charge in [-0.2, -0.15) is 0 Å². The third kappa shape index (κ3) is 9.38. The maximum Gasteiger partial charge on any atom is 0.326 e. The molecule has 0 aromatic carbocycles. The Bertz CT molecular complexity index is 398. The summed E-state index contributed by atoms with van der Waals surface area (Å²) < 4.78 is 0. The molecule has 0 heterocycles. The third-order valence-electron chi connectivity index (χ3n) is 2.66. The molecule has 9 heteroatoms. The van der Waals surface area contributed by atoms with Gasteiger partial charge in [0.1, 0.15) is 6.04 Å². The van der Waals surface area contributed by atoms with E-state index in [9.17, 15) is 19.2 Å². The van der Waals surface area contributed by atoms with Gasteiger partial charge in [0.2, 0.25) is 11.8 Å². The van der Waals surface area contributed by atoms with Gasteiger partial charge < -0.3 is 26.6 Å². The van der Waals surface area contributed by atoms with Crippen molar-refractivity contribution in [2.24, 2.45) is 5.73 Å². The molecule has 0 aliphatic heterocycles.